The van der Waals surface area contributed by atoms with E-state index < -0.39 is 12.1 Å². The highest BCUT2D eigenvalue weighted by molar-refractivity contribution is 5.76. The summed E-state index contributed by atoms with van der Waals surface area (Å²) in [4.78, 5) is 24.4. The fraction of sp³-hybridized carbons (Fsp3) is 0.920. The van der Waals surface area contributed by atoms with Crippen molar-refractivity contribution >= 4 is 11.9 Å². The molecule has 0 saturated carbocycles. The van der Waals surface area contributed by atoms with Gasteiger partial charge in [-0.25, -0.2) is 0 Å². The molecular formula is C50H97NO5. The minimum absolute atomic E-state index is 0.0168. The molecule has 0 aromatic rings. The van der Waals surface area contributed by atoms with Crippen molar-refractivity contribution in [2.75, 3.05) is 13.2 Å². The third kappa shape index (κ3) is 42.2. The van der Waals surface area contributed by atoms with Crippen molar-refractivity contribution < 1.29 is 24.5 Å². The fourth-order valence-corrected chi connectivity index (χ4v) is 7.69. The number of nitrogens with one attached hydrogen (secondary N) is 1. The number of aliphatic hydroxyl groups is 2. The average Bonchev–Trinajstić information content (AvgIpc) is 3.20. The molecule has 332 valence electrons. The Morgan fingerprint density at radius 2 is 0.839 bits per heavy atom. The maximum Gasteiger partial charge on any atom is 0.305 e. The lowest BCUT2D eigenvalue weighted by molar-refractivity contribution is -0.143. The van der Waals surface area contributed by atoms with Crippen LogP contribution in [0.1, 0.15) is 271 Å². The Balaban J connectivity index is 3.43. The molecule has 3 N–H and O–H groups in total. The van der Waals surface area contributed by atoms with Gasteiger partial charge >= 0.3 is 5.97 Å². The van der Waals surface area contributed by atoms with E-state index in [0.29, 0.717) is 25.9 Å². The fourth-order valence-electron chi connectivity index (χ4n) is 7.69. The lowest BCUT2D eigenvalue weighted by Crippen LogP contribution is -2.45. The number of hydrogen-bond acceptors (Lipinski definition) is 5. The van der Waals surface area contributed by atoms with Gasteiger partial charge in [0.25, 0.3) is 0 Å². The summed E-state index contributed by atoms with van der Waals surface area (Å²) in [5, 5.41) is 23.1. The Labute approximate surface area is 349 Å². The van der Waals surface area contributed by atoms with Gasteiger partial charge < -0.3 is 20.3 Å². The lowest BCUT2D eigenvalue weighted by atomic mass is 10.0. The molecule has 0 radical (unpaired) electrons. The van der Waals surface area contributed by atoms with Crippen LogP contribution in [0.5, 0.6) is 0 Å². The van der Waals surface area contributed by atoms with Crippen LogP contribution in [0, 0.1) is 0 Å². The van der Waals surface area contributed by atoms with Crippen LogP contribution >= 0.6 is 0 Å². The zero-order valence-electron chi connectivity index (χ0n) is 37.6. The van der Waals surface area contributed by atoms with E-state index in [2.05, 4.69) is 31.3 Å². The minimum atomic E-state index is -0.674. The highest BCUT2D eigenvalue weighted by Gasteiger charge is 2.20. The van der Waals surface area contributed by atoms with Crippen LogP contribution in [0.3, 0.4) is 0 Å². The third-order valence-corrected chi connectivity index (χ3v) is 11.6. The number of unbranched alkanes of at least 4 members (excludes halogenated alkanes) is 33. The van der Waals surface area contributed by atoms with Crippen molar-refractivity contribution in [1.82, 2.24) is 5.32 Å². The molecule has 1 amide bonds. The Morgan fingerprint density at radius 3 is 1.27 bits per heavy atom. The first-order valence-corrected chi connectivity index (χ1v) is 24.9. The lowest BCUT2D eigenvalue weighted by Gasteiger charge is -2.22. The second-order valence-electron chi connectivity index (χ2n) is 17.1. The van der Waals surface area contributed by atoms with Crippen molar-refractivity contribution in [3.05, 3.63) is 12.2 Å². The molecule has 2 atom stereocenters. The molecule has 0 aliphatic heterocycles. The molecule has 0 saturated heterocycles. The van der Waals surface area contributed by atoms with E-state index in [1.165, 1.54) is 180 Å². The van der Waals surface area contributed by atoms with Gasteiger partial charge in [0.2, 0.25) is 5.91 Å². The molecule has 0 rings (SSSR count). The zero-order valence-corrected chi connectivity index (χ0v) is 37.6. The van der Waals surface area contributed by atoms with Crippen molar-refractivity contribution in [3.63, 3.8) is 0 Å². The minimum Gasteiger partial charge on any atom is -0.466 e. The van der Waals surface area contributed by atoms with Gasteiger partial charge in [0, 0.05) is 12.8 Å². The number of allylic oxidation sites excluding steroid dienone is 2. The zero-order chi connectivity index (χ0) is 40.8. The molecule has 0 heterocycles. The first-order chi connectivity index (χ1) is 27.5. The highest BCUT2D eigenvalue weighted by Crippen LogP contribution is 2.16. The second kappa shape index (κ2) is 46.3. The normalized spacial score (nSPS) is 12.7. The summed E-state index contributed by atoms with van der Waals surface area (Å²) < 4.78 is 5.46. The molecule has 6 nitrogen and oxygen atoms in total. The topological polar surface area (TPSA) is 95.9 Å². The van der Waals surface area contributed by atoms with Crippen molar-refractivity contribution in [1.29, 1.82) is 0 Å². The van der Waals surface area contributed by atoms with Crippen molar-refractivity contribution in [2.24, 2.45) is 0 Å². The second-order valence-corrected chi connectivity index (χ2v) is 17.1. The van der Waals surface area contributed by atoms with Crippen LogP contribution in [-0.4, -0.2) is 47.4 Å². The molecule has 56 heavy (non-hydrogen) atoms. The van der Waals surface area contributed by atoms with Crippen LogP contribution in [0.2, 0.25) is 0 Å². The number of ether oxygens (including phenoxy) is 1. The number of amides is 1. The Bertz CT molecular complexity index is 832. The first kappa shape index (κ1) is 54.6. The molecule has 0 aliphatic rings. The maximum absolute atomic E-state index is 12.4. The number of esters is 1. The van der Waals surface area contributed by atoms with Crippen LogP contribution in [0.15, 0.2) is 12.2 Å². The molecular weight excluding hydrogens is 695 g/mol. The van der Waals surface area contributed by atoms with Gasteiger partial charge in [-0.05, 0) is 51.4 Å². The predicted molar refractivity (Wildman–Crippen MR) is 241 cm³/mol. The summed E-state index contributed by atoms with van der Waals surface area (Å²) in [6.07, 6.45) is 51.8. The number of carbonyl (C=O) groups excluding carboxylic acids is 2. The SMILES string of the molecule is CCCCCCCCC/C=C\CCCCCCCCCC(=O)OCCCCCCCCCCCCCC(=O)NC(CO)C(O)CCCCCCCCCCCC. The van der Waals surface area contributed by atoms with Gasteiger partial charge in [-0.1, -0.05) is 219 Å². The summed E-state index contributed by atoms with van der Waals surface area (Å²) in [5.74, 6) is -0.0722. The Kier molecular flexibility index (Phi) is 45.1. The molecule has 0 bridgehead atoms. The molecule has 2 unspecified atom stereocenters. The quantitative estimate of drug-likeness (QED) is 0.0324. The van der Waals surface area contributed by atoms with E-state index in [-0.39, 0.29) is 18.5 Å². The van der Waals surface area contributed by atoms with Crippen LogP contribution < -0.4 is 5.32 Å². The monoisotopic (exact) mass is 792 g/mol. The Hall–Kier alpha value is -1.40. The van der Waals surface area contributed by atoms with Gasteiger partial charge in [0.05, 0.1) is 25.4 Å². The molecule has 0 aliphatic carbocycles. The van der Waals surface area contributed by atoms with E-state index in [1.807, 2.05) is 0 Å². The van der Waals surface area contributed by atoms with Crippen LogP contribution in [-0.2, 0) is 14.3 Å². The molecule has 0 fully saturated rings. The standard InChI is InChI=1S/C50H97NO5/c1-3-5-7-9-11-13-15-16-17-18-19-20-21-24-28-32-36-40-44-50(55)56-45-41-37-33-29-25-22-23-27-31-35-39-43-49(54)51-47(46-52)48(53)42-38-34-30-26-14-12-10-8-6-4-2/h17-18,47-48,52-53H,3-16,19-46H2,1-2H3,(H,51,54)/b18-17-. The summed E-state index contributed by atoms with van der Waals surface area (Å²) in [6.45, 7) is 4.89. The van der Waals surface area contributed by atoms with Crippen molar-refractivity contribution in [3.8, 4) is 0 Å². The van der Waals surface area contributed by atoms with E-state index in [4.69, 9.17) is 4.74 Å². The summed E-state index contributed by atoms with van der Waals surface area (Å²) >= 11 is 0. The predicted octanol–water partition coefficient (Wildman–Crippen LogP) is 14.6. The number of hydrogen-bond donors (Lipinski definition) is 3. The van der Waals surface area contributed by atoms with Gasteiger partial charge in [-0.3, -0.25) is 9.59 Å². The first-order valence-electron chi connectivity index (χ1n) is 24.9. The van der Waals surface area contributed by atoms with Gasteiger partial charge in [-0.15, -0.1) is 0 Å². The third-order valence-electron chi connectivity index (χ3n) is 11.6. The van der Waals surface area contributed by atoms with Crippen molar-refractivity contribution in [2.45, 2.75) is 283 Å². The smallest absolute Gasteiger partial charge is 0.305 e. The van der Waals surface area contributed by atoms with Crippen LogP contribution in [0.25, 0.3) is 0 Å². The van der Waals surface area contributed by atoms with Gasteiger partial charge in [0.1, 0.15) is 0 Å². The highest BCUT2D eigenvalue weighted by atomic mass is 16.5. The maximum atomic E-state index is 12.4. The molecule has 0 spiro atoms. The summed E-state index contributed by atoms with van der Waals surface area (Å²) in [5.41, 5.74) is 0. The van der Waals surface area contributed by atoms with E-state index in [1.54, 1.807) is 0 Å². The van der Waals surface area contributed by atoms with E-state index in [9.17, 15) is 19.8 Å². The van der Waals surface area contributed by atoms with Gasteiger partial charge in [-0.2, -0.15) is 0 Å². The van der Waals surface area contributed by atoms with Gasteiger partial charge in [0.15, 0.2) is 0 Å². The molecule has 0 aromatic carbocycles. The summed E-state index contributed by atoms with van der Waals surface area (Å²) in [7, 11) is 0. The number of aliphatic hydroxyl groups excluding tert-OH is 2. The number of rotatable bonds is 46. The number of carbonyl (C=O) groups is 2. The van der Waals surface area contributed by atoms with E-state index in [0.717, 1.165) is 57.8 Å². The largest absolute Gasteiger partial charge is 0.466 e. The van der Waals surface area contributed by atoms with E-state index >= 15 is 0 Å². The molecule has 0 aromatic heterocycles. The average molecular weight is 792 g/mol. The summed E-state index contributed by atoms with van der Waals surface area (Å²) in [6, 6.07) is -0.553. The molecule has 6 heteroatoms. The Morgan fingerprint density at radius 1 is 0.482 bits per heavy atom. The van der Waals surface area contributed by atoms with Crippen LogP contribution in [0.4, 0.5) is 0 Å².